The number of nitrogens with two attached hydrogens (primary N) is 1. The molecule has 0 unspecified atom stereocenters. The van der Waals surface area contributed by atoms with E-state index < -0.39 is 0 Å². The van der Waals surface area contributed by atoms with Gasteiger partial charge in [-0.25, -0.2) is 0 Å². The lowest BCUT2D eigenvalue weighted by Crippen LogP contribution is -2.24. The molecule has 1 aromatic carbocycles. The van der Waals surface area contributed by atoms with Crippen molar-refractivity contribution in [2.24, 2.45) is 0 Å². The third-order valence-corrected chi connectivity index (χ3v) is 3.19. The molecule has 0 spiro atoms. The van der Waals surface area contributed by atoms with Crippen LogP contribution in [0.5, 0.6) is 0 Å². The first kappa shape index (κ1) is 15.1. The Kier molecular flexibility index (Phi) is 5.72. The molecule has 100 valence electrons. The normalized spacial score (nSPS) is 10.7. The van der Waals surface area contributed by atoms with Crippen molar-refractivity contribution in [2.75, 3.05) is 31.2 Å². The van der Waals surface area contributed by atoms with Crippen LogP contribution in [0.2, 0.25) is 10.0 Å². The highest BCUT2D eigenvalue weighted by molar-refractivity contribution is 6.40. The summed E-state index contributed by atoms with van der Waals surface area (Å²) in [5.41, 5.74) is 6.47. The van der Waals surface area contributed by atoms with Gasteiger partial charge in [0.05, 0.1) is 15.7 Å². The Morgan fingerprint density at radius 2 is 1.94 bits per heavy atom. The van der Waals surface area contributed by atoms with E-state index in [0.29, 0.717) is 34.4 Å². The zero-order chi connectivity index (χ0) is 13.7. The number of nitrogens with zero attached hydrogens (tertiary/aromatic N) is 1. The molecule has 6 heteroatoms. The van der Waals surface area contributed by atoms with Crippen LogP contribution in [0, 0.1) is 0 Å². The molecule has 3 N–H and O–H groups in total. The Labute approximate surface area is 117 Å². The molecule has 0 aliphatic rings. The van der Waals surface area contributed by atoms with Crippen LogP contribution in [0.1, 0.15) is 13.3 Å². The summed E-state index contributed by atoms with van der Waals surface area (Å²) in [5.74, 6) is -0.121. The minimum atomic E-state index is -0.121. The highest BCUT2D eigenvalue weighted by Crippen LogP contribution is 2.32. The minimum absolute atomic E-state index is 0.121. The zero-order valence-electron chi connectivity index (χ0n) is 10.5. The molecule has 0 aliphatic heterocycles. The summed E-state index contributed by atoms with van der Waals surface area (Å²) in [7, 11) is 1.95. The van der Waals surface area contributed by atoms with E-state index in [1.54, 1.807) is 12.1 Å². The molecule has 4 nitrogen and oxygen atoms in total. The van der Waals surface area contributed by atoms with Crippen molar-refractivity contribution in [3.05, 3.63) is 22.2 Å². The standard InChI is InChI=1S/C12H17Cl2N3O/c1-3-17(2)5-4-11(18)16-12-9(13)6-8(15)7-10(12)14/h6-7H,3-5,15H2,1-2H3,(H,16,18). The van der Waals surface area contributed by atoms with Crippen molar-refractivity contribution in [3.63, 3.8) is 0 Å². The number of nitrogen functional groups attached to an aromatic ring is 1. The van der Waals surface area contributed by atoms with Gasteiger partial charge in [0.15, 0.2) is 0 Å². The largest absolute Gasteiger partial charge is 0.399 e. The molecular formula is C12H17Cl2N3O. The van der Waals surface area contributed by atoms with Crippen LogP contribution in [0.4, 0.5) is 11.4 Å². The summed E-state index contributed by atoms with van der Waals surface area (Å²) in [4.78, 5) is 13.8. The van der Waals surface area contributed by atoms with Gasteiger partial charge in [0, 0.05) is 18.7 Å². The Morgan fingerprint density at radius 3 is 2.44 bits per heavy atom. The van der Waals surface area contributed by atoms with Gasteiger partial charge in [0.25, 0.3) is 0 Å². The van der Waals surface area contributed by atoms with Crippen molar-refractivity contribution in [3.8, 4) is 0 Å². The summed E-state index contributed by atoms with van der Waals surface area (Å²) in [6, 6.07) is 3.11. The van der Waals surface area contributed by atoms with Crippen molar-refractivity contribution >= 4 is 40.5 Å². The molecule has 1 aromatic rings. The Balaban J connectivity index is 2.65. The molecule has 18 heavy (non-hydrogen) atoms. The van der Waals surface area contributed by atoms with E-state index in [2.05, 4.69) is 5.32 Å². The second kappa shape index (κ2) is 6.83. The molecule has 0 saturated heterocycles. The van der Waals surface area contributed by atoms with Gasteiger partial charge in [-0.05, 0) is 25.7 Å². The molecule has 0 atom stereocenters. The highest BCUT2D eigenvalue weighted by Gasteiger charge is 2.11. The molecule has 1 amide bonds. The number of carbonyl (C=O) groups excluding carboxylic acids is 1. The number of rotatable bonds is 5. The summed E-state index contributed by atoms with van der Waals surface area (Å²) in [6.07, 6.45) is 0.390. The lowest BCUT2D eigenvalue weighted by molar-refractivity contribution is -0.116. The molecule has 0 heterocycles. The quantitative estimate of drug-likeness (QED) is 0.820. The Bertz CT molecular complexity index is 414. The summed E-state index contributed by atoms with van der Waals surface area (Å²) >= 11 is 12.0. The number of benzene rings is 1. The molecule has 0 aromatic heterocycles. The van der Waals surface area contributed by atoms with Gasteiger partial charge in [0.1, 0.15) is 0 Å². The van der Waals surface area contributed by atoms with E-state index in [9.17, 15) is 4.79 Å². The maximum atomic E-state index is 11.7. The van der Waals surface area contributed by atoms with Crippen LogP contribution in [0.3, 0.4) is 0 Å². The SMILES string of the molecule is CCN(C)CCC(=O)Nc1c(Cl)cc(N)cc1Cl. The average Bonchev–Trinajstić information content (AvgIpc) is 2.30. The van der Waals surface area contributed by atoms with Crippen LogP contribution in [-0.2, 0) is 4.79 Å². The van der Waals surface area contributed by atoms with Crippen molar-refractivity contribution in [1.29, 1.82) is 0 Å². The maximum Gasteiger partial charge on any atom is 0.225 e. The Morgan fingerprint density at radius 1 is 1.39 bits per heavy atom. The van der Waals surface area contributed by atoms with Gasteiger partial charge in [-0.1, -0.05) is 30.1 Å². The fourth-order valence-electron chi connectivity index (χ4n) is 1.36. The molecule has 0 bridgehead atoms. The minimum Gasteiger partial charge on any atom is -0.399 e. The monoisotopic (exact) mass is 289 g/mol. The number of amides is 1. The Hall–Kier alpha value is -0.970. The van der Waals surface area contributed by atoms with Crippen LogP contribution in [0.15, 0.2) is 12.1 Å². The number of halogens is 2. The number of carbonyl (C=O) groups is 1. The first-order chi connectivity index (χ1) is 8.43. The smallest absolute Gasteiger partial charge is 0.225 e. The van der Waals surface area contributed by atoms with E-state index in [0.717, 1.165) is 6.54 Å². The van der Waals surface area contributed by atoms with Gasteiger partial charge in [-0.15, -0.1) is 0 Å². The number of anilines is 2. The van der Waals surface area contributed by atoms with Gasteiger partial charge < -0.3 is 16.0 Å². The van der Waals surface area contributed by atoms with Crippen LogP contribution in [0.25, 0.3) is 0 Å². The first-order valence-electron chi connectivity index (χ1n) is 5.67. The predicted molar refractivity (Wildman–Crippen MR) is 77.3 cm³/mol. The molecular weight excluding hydrogens is 273 g/mol. The maximum absolute atomic E-state index is 11.7. The predicted octanol–water partition coefficient (Wildman–Crippen LogP) is 2.86. The van der Waals surface area contributed by atoms with E-state index in [-0.39, 0.29) is 5.91 Å². The van der Waals surface area contributed by atoms with E-state index in [1.807, 2.05) is 18.9 Å². The number of nitrogens with one attached hydrogen (secondary N) is 1. The third-order valence-electron chi connectivity index (χ3n) is 2.59. The van der Waals surface area contributed by atoms with Crippen LogP contribution >= 0.6 is 23.2 Å². The van der Waals surface area contributed by atoms with E-state index in [1.165, 1.54) is 0 Å². The topological polar surface area (TPSA) is 58.4 Å². The van der Waals surface area contributed by atoms with Crippen LogP contribution in [-0.4, -0.2) is 30.9 Å². The summed E-state index contributed by atoms with van der Waals surface area (Å²) in [5, 5.41) is 3.39. The fourth-order valence-corrected chi connectivity index (χ4v) is 1.96. The zero-order valence-corrected chi connectivity index (χ0v) is 12.0. The lowest BCUT2D eigenvalue weighted by atomic mass is 10.2. The van der Waals surface area contributed by atoms with E-state index in [4.69, 9.17) is 28.9 Å². The third kappa shape index (κ3) is 4.37. The molecule has 0 aliphatic carbocycles. The number of hydrogen-bond donors (Lipinski definition) is 2. The second-order valence-corrected chi connectivity index (χ2v) is 4.87. The van der Waals surface area contributed by atoms with Crippen molar-refractivity contribution in [1.82, 2.24) is 4.90 Å². The summed E-state index contributed by atoms with van der Waals surface area (Å²) < 4.78 is 0. The lowest BCUT2D eigenvalue weighted by Gasteiger charge is -2.14. The summed E-state index contributed by atoms with van der Waals surface area (Å²) in [6.45, 7) is 3.62. The molecule has 1 rings (SSSR count). The highest BCUT2D eigenvalue weighted by atomic mass is 35.5. The molecule has 0 saturated carbocycles. The van der Waals surface area contributed by atoms with Crippen LogP contribution < -0.4 is 11.1 Å². The van der Waals surface area contributed by atoms with Gasteiger partial charge in [-0.3, -0.25) is 4.79 Å². The van der Waals surface area contributed by atoms with Crippen molar-refractivity contribution in [2.45, 2.75) is 13.3 Å². The van der Waals surface area contributed by atoms with Gasteiger partial charge in [-0.2, -0.15) is 0 Å². The number of hydrogen-bond acceptors (Lipinski definition) is 3. The van der Waals surface area contributed by atoms with Gasteiger partial charge >= 0.3 is 0 Å². The second-order valence-electron chi connectivity index (χ2n) is 4.05. The van der Waals surface area contributed by atoms with Gasteiger partial charge in [0.2, 0.25) is 5.91 Å². The first-order valence-corrected chi connectivity index (χ1v) is 6.42. The van der Waals surface area contributed by atoms with Crippen molar-refractivity contribution < 1.29 is 4.79 Å². The average molecular weight is 290 g/mol. The molecule has 0 radical (unpaired) electrons. The molecule has 0 fully saturated rings. The fraction of sp³-hybridized carbons (Fsp3) is 0.417. The van der Waals surface area contributed by atoms with E-state index >= 15 is 0 Å².